The predicted molar refractivity (Wildman–Crippen MR) is 136 cm³/mol. The molecule has 0 spiro atoms. The Labute approximate surface area is 220 Å². The van der Waals surface area contributed by atoms with Gasteiger partial charge in [0.25, 0.3) is 5.91 Å². The highest BCUT2D eigenvalue weighted by Crippen LogP contribution is 2.37. The standard InChI is InChI=1S/C27H31F3N4O3S/c1-18-3-5-22(6-4-18)38(36,37)33-14-9-20(10-15-33)21-11-16-34-23(17-21)24(25(31-34)27(28,29)30)26(35)32-12-7-19(2)8-13-32/h3-6,11,16-17,19-20H,7-10,12-15H2,1-2H3. The molecule has 0 bridgehead atoms. The number of aryl methyl sites for hydroxylation is 1. The summed E-state index contributed by atoms with van der Waals surface area (Å²) < 4.78 is 70.5. The number of amides is 1. The third-order valence-electron chi connectivity index (χ3n) is 7.80. The van der Waals surface area contributed by atoms with Crippen LogP contribution < -0.4 is 0 Å². The zero-order valence-electron chi connectivity index (χ0n) is 21.4. The number of fused-ring (bicyclic) bond motifs is 1. The molecule has 38 heavy (non-hydrogen) atoms. The Hall–Kier alpha value is -2.92. The van der Waals surface area contributed by atoms with E-state index in [4.69, 9.17) is 0 Å². The molecule has 0 aliphatic carbocycles. The lowest BCUT2D eigenvalue weighted by molar-refractivity contribution is -0.141. The van der Waals surface area contributed by atoms with E-state index >= 15 is 0 Å². The molecule has 0 N–H and O–H groups in total. The average Bonchev–Trinajstić information content (AvgIpc) is 3.29. The maximum absolute atomic E-state index is 13.9. The summed E-state index contributed by atoms with van der Waals surface area (Å²) in [7, 11) is -3.62. The summed E-state index contributed by atoms with van der Waals surface area (Å²) in [5, 5.41) is 3.74. The van der Waals surface area contributed by atoms with Crippen LogP contribution in [0.5, 0.6) is 0 Å². The SMILES string of the molecule is Cc1ccc(S(=O)(=O)N2CCC(c3ccn4nc(C(F)(F)F)c(C(=O)N5CCC(C)CC5)c4c3)CC2)cc1. The van der Waals surface area contributed by atoms with Gasteiger partial charge in [0.2, 0.25) is 10.0 Å². The summed E-state index contributed by atoms with van der Waals surface area (Å²) in [6.07, 6.45) is -0.757. The number of rotatable bonds is 4. The lowest BCUT2D eigenvalue weighted by Crippen LogP contribution is -2.38. The van der Waals surface area contributed by atoms with Crippen LogP contribution in [-0.4, -0.2) is 59.3 Å². The topological polar surface area (TPSA) is 75.0 Å². The Bertz CT molecular complexity index is 1430. The highest BCUT2D eigenvalue weighted by molar-refractivity contribution is 7.89. The van der Waals surface area contributed by atoms with Crippen LogP contribution in [-0.2, 0) is 16.2 Å². The molecular formula is C27H31F3N4O3S. The predicted octanol–water partition coefficient (Wildman–Crippen LogP) is 5.10. The second-order valence-electron chi connectivity index (χ2n) is 10.5. The van der Waals surface area contributed by atoms with Crippen molar-refractivity contribution < 1.29 is 26.4 Å². The first-order valence-corrected chi connectivity index (χ1v) is 14.3. The molecule has 1 aromatic carbocycles. The monoisotopic (exact) mass is 548 g/mol. The molecule has 7 nitrogen and oxygen atoms in total. The Morgan fingerprint density at radius 2 is 1.61 bits per heavy atom. The van der Waals surface area contributed by atoms with Crippen molar-refractivity contribution >= 4 is 21.4 Å². The Morgan fingerprint density at radius 1 is 0.974 bits per heavy atom. The molecule has 1 amide bonds. The lowest BCUT2D eigenvalue weighted by Gasteiger charge is -2.31. The molecule has 2 aromatic heterocycles. The number of halogens is 3. The van der Waals surface area contributed by atoms with Crippen LogP contribution >= 0.6 is 0 Å². The van der Waals surface area contributed by atoms with E-state index in [1.807, 2.05) is 6.92 Å². The number of hydrogen-bond acceptors (Lipinski definition) is 4. The number of pyridine rings is 1. The van der Waals surface area contributed by atoms with E-state index in [1.54, 1.807) is 36.4 Å². The number of likely N-dealkylation sites (tertiary alicyclic amines) is 1. The van der Waals surface area contributed by atoms with Crippen LogP contribution in [0.15, 0.2) is 47.5 Å². The molecule has 2 aliphatic heterocycles. The Morgan fingerprint density at radius 3 is 2.21 bits per heavy atom. The van der Waals surface area contributed by atoms with Crippen molar-refractivity contribution in [3.63, 3.8) is 0 Å². The highest BCUT2D eigenvalue weighted by atomic mass is 32.2. The van der Waals surface area contributed by atoms with Gasteiger partial charge in [0.05, 0.1) is 16.0 Å². The summed E-state index contributed by atoms with van der Waals surface area (Å²) in [5.41, 5.74) is 0.304. The fourth-order valence-corrected chi connectivity index (χ4v) is 6.85. The molecule has 4 heterocycles. The van der Waals surface area contributed by atoms with Gasteiger partial charge in [-0.3, -0.25) is 4.79 Å². The quantitative estimate of drug-likeness (QED) is 0.455. The lowest BCUT2D eigenvalue weighted by atomic mass is 9.90. The average molecular weight is 549 g/mol. The molecule has 2 aliphatic rings. The van der Waals surface area contributed by atoms with E-state index in [9.17, 15) is 26.4 Å². The second kappa shape index (κ2) is 10.00. The van der Waals surface area contributed by atoms with E-state index < -0.39 is 33.4 Å². The fourth-order valence-electron chi connectivity index (χ4n) is 5.38. The van der Waals surface area contributed by atoms with Crippen molar-refractivity contribution in [3.05, 3.63) is 65.0 Å². The van der Waals surface area contributed by atoms with Gasteiger partial charge in [-0.25, -0.2) is 12.9 Å². The third kappa shape index (κ3) is 5.05. The third-order valence-corrected chi connectivity index (χ3v) is 9.71. The van der Waals surface area contributed by atoms with Crippen molar-refractivity contribution in [1.29, 1.82) is 0 Å². The number of nitrogens with zero attached hydrogens (tertiary/aromatic N) is 4. The van der Waals surface area contributed by atoms with Crippen LogP contribution in [0.25, 0.3) is 5.52 Å². The summed E-state index contributed by atoms with van der Waals surface area (Å²) in [6, 6.07) is 10.1. The molecule has 2 fully saturated rings. The van der Waals surface area contributed by atoms with Gasteiger partial charge in [0, 0.05) is 32.4 Å². The number of carbonyl (C=O) groups excluding carboxylic acids is 1. The van der Waals surface area contributed by atoms with Crippen LogP contribution in [0.4, 0.5) is 13.2 Å². The van der Waals surface area contributed by atoms with Gasteiger partial charge in [-0.2, -0.15) is 22.6 Å². The molecule has 3 aromatic rings. The number of alkyl halides is 3. The van der Waals surface area contributed by atoms with E-state index in [1.165, 1.54) is 15.4 Å². The minimum atomic E-state index is -4.77. The van der Waals surface area contributed by atoms with E-state index in [2.05, 4.69) is 12.0 Å². The maximum atomic E-state index is 13.9. The highest BCUT2D eigenvalue weighted by Gasteiger charge is 2.42. The van der Waals surface area contributed by atoms with Gasteiger partial charge in [-0.05, 0) is 74.3 Å². The molecule has 0 atom stereocenters. The van der Waals surface area contributed by atoms with E-state index in [-0.39, 0.29) is 16.3 Å². The van der Waals surface area contributed by atoms with Gasteiger partial charge < -0.3 is 4.90 Å². The molecule has 0 radical (unpaired) electrons. The molecule has 5 rings (SSSR count). The largest absolute Gasteiger partial charge is 0.436 e. The number of carbonyl (C=O) groups is 1. The molecule has 2 saturated heterocycles. The minimum absolute atomic E-state index is 0.0486. The van der Waals surface area contributed by atoms with Crippen LogP contribution in [0.3, 0.4) is 0 Å². The Kier molecular flexibility index (Phi) is 7.02. The van der Waals surface area contributed by atoms with Crippen molar-refractivity contribution in [3.8, 4) is 0 Å². The second-order valence-corrected chi connectivity index (χ2v) is 12.4. The first-order chi connectivity index (χ1) is 17.9. The number of aromatic nitrogens is 2. The fraction of sp³-hybridized carbons (Fsp3) is 0.481. The van der Waals surface area contributed by atoms with Gasteiger partial charge in [0.15, 0.2) is 5.69 Å². The molecular weight excluding hydrogens is 517 g/mol. The molecule has 0 saturated carbocycles. The zero-order chi connectivity index (χ0) is 27.2. The van der Waals surface area contributed by atoms with Crippen molar-refractivity contribution in [2.24, 2.45) is 5.92 Å². The summed E-state index contributed by atoms with van der Waals surface area (Å²) in [4.78, 5) is 15.1. The van der Waals surface area contributed by atoms with Gasteiger partial charge >= 0.3 is 6.18 Å². The number of sulfonamides is 1. The van der Waals surface area contributed by atoms with Gasteiger partial charge in [0.1, 0.15) is 0 Å². The maximum Gasteiger partial charge on any atom is 0.436 e. The van der Waals surface area contributed by atoms with Crippen molar-refractivity contribution in [2.75, 3.05) is 26.2 Å². The molecule has 11 heteroatoms. The molecule has 0 unspecified atom stereocenters. The van der Waals surface area contributed by atoms with Gasteiger partial charge in [-0.1, -0.05) is 24.6 Å². The smallest absolute Gasteiger partial charge is 0.338 e. The number of hydrogen-bond donors (Lipinski definition) is 0. The number of piperidine rings is 2. The van der Waals surface area contributed by atoms with Gasteiger partial charge in [-0.15, -0.1) is 0 Å². The minimum Gasteiger partial charge on any atom is -0.338 e. The van der Waals surface area contributed by atoms with Crippen LogP contribution in [0, 0.1) is 12.8 Å². The van der Waals surface area contributed by atoms with Crippen LogP contribution in [0.1, 0.15) is 65.7 Å². The van der Waals surface area contributed by atoms with Crippen molar-refractivity contribution in [1.82, 2.24) is 18.8 Å². The van der Waals surface area contributed by atoms with E-state index in [0.29, 0.717) is 44.9 Å². The first-order valence-electron chi connectivity index (χ1n) is 12.9. The summed E-state index contributed by atoms with van der Waals surface area (Å²) in [6.45, 7) is 5.41. The number of benzene rings is 1. The summed E-state index contributed by atoms with van der Waals surface area (Å²) in [5.74, 6) is -0.264. The first kappa shape index (κ1) is 26.7. The zero-order valence-corrected chi connectivity index (χ0v) is 22.2. The van der Waals surface area contributed by atoms with Crippen molar-refractivity contribution in [2.45, 2.75) is 56.5 Å². The molecule has 204 valence electrons. The van der Waals surface area contributed by atoms with Crippen LogP contribution in [0.2, 0.25) is 0 Å². The summed E-state index contributed by atoms with van der Waals surface area (Å²) >= 11 is 0. The Balaban J connectivity index is 1.41. The van der Waals surface area contributed by atoms with E-state index in [0.717, 1.165) is 28.5 Å². The normalized spacial score (nSPS) is 18.8.